The summed E-state index contributed by atoms with van der Waals surface area (Å²) in [6, 6.07) is 9.93. The van der Waals surface area contributed by atoms with Gasteiger partial charge in [0.1, 0.15) is 5.75 Å². The van der Waals surface area contributed by atoms with Crippen molar-refractivity contribution in [2.24, 2.45) is 0 Å². The summed E-state index contributed by atoms with van der Waals surface area (Å²) in [7, 11) is 0. The zero-order chi connectivity index (χ0) is 20.3. The number of aromatic hydroxyl groups is 1. The molecule has 3 rings (SSSR count). The summed E-state index contributed by atoms with van der Waals surface area (Å²) in [6.07, 6.45) is 6.51. The molecule has 0 bridgehead atoms. The molecule has 8 heteroatoms. The Morgan fingerprint density at radius 3 is 2.68 bits per heavy atom. The zero-order valence-electron chi connectivity index (χ0n) is 14.4. The average molecular weight is 487 g/mol. The monoisotopic (exact) mass is 487 g/mol. The molecule has 1 aliphatic rings. The molecule has 0 saturated carbocycles. The number of phenols is 1. The number of imide groups is 1. The standard InChI is InChI=1S/C20H14IN3O4/c1-2-18(26)23-16-6-3-11(7-17(16)25)9-22-10-15-14-8-12(21)4-5-13(14)19(27)24-20(15)28/h1,3-8,10,22,25H,9H2,(H,23,26)(H,24,27,28)/b15-10-. The van der Waals surface area contributed by atoms with E-state index in [2.05, 4.69) is 38.5 Å². The van der Waals surface area contributed by atoms with Crippen molar-refractivity contribution in [3.05, 3.63) is 62.9 Å². The minimum Gasteiger partial charge on any atom is -0.506 e. The third-order valence-corrected chi connectivity index (χ3v) is 4.65. The summed E-state index contributed by atoms with van der Waals surface area (Å²) >= 11 is 2.11. The Morgan fingerprint density at radius 1 is 1.18 bits per heavy atom. The second-order valence-electron chi connectivity index (χ2n) is 5.86. The van der Waals surface area contributed by atoms with Gasteiger partial charge in [-0.2, -0.15) is 0 Å². The Balaban J connectivity index is 1.77. The van der Waals surface area contributed by atoms with Gasteiger partial charge in [0.25, 0.3) is 17.7 Å². The molecule has 28 heavy (non-hydrogen) atoms. The van der Waals surface area contributed by atoms with Gasteiger partial charge in [0.15, 0.2) is 0 Å². The predicted octanol–water partition coefficient (Wildman–Crippen LogP) is 1.97. The smallest absolute Gasteiger partial charge is 0.300 e. The van der Waals surface area contributed by atoms with Crippen molar-refractivity contribution in [2.45, 2.75) is 6.54 Å². The lowest BCUT2D eigenvalue weighted by molar-refractivity contribution is -0.115. The van der Waals surface area contributed by atoms with Crippen LogP contribution in [0.2, 0.25) is 0 Å². The number of halogens is 1. The van der Waals surface area contributed by atoms with Gasteiger partial charge in [-0.15, -0.1) is 6.42 Å². The molecule has 140 valence electrons. The molecule has 2 aromatic carbocycles. The van der Waals surface area contributed by atoms with Gasteiger partial charge in [0.05, 0.1) is 11.3 Å². The maximum atomic E-state index is 12.2. The Bertz CT molecular complexity index is 1070. The van der Waals surface area contributed by atoms with E-state index < -0.39 is 17.7 Å². The van der Waals surface area contributed by atoms with Gasteiger partial charge in [-0.3, -0.25) is 19.7 Å². The number of fused-ring (bicyclic) bond motifs is 1. The van der Waals surface area contributed by atoms with Gasteiger partial charge in [0, 0.05) is 27.4 Å². The third-order valence-electron chi connectivity index (χ3n) is 3.98. The van der Waals surface area contributed by atoms with Crippen LogP contribution >= 0.6 is 22.6 Å². The maximum Gasteiger partial charge on any atom is 0.300 e. The van der Waals surface area contributed by atoms with E-state index in [1.807, 2.05) is 5.92 Å². The van der Waals surface area contributed by atoms with Gasteiger partial charge in [-0.05, 0) is 64.4 Å². The molecule has 0 saturated heterocycles. The molecule has 4 N–H and O–H groups in total. The van der Waals surface area contributed by atoms with Crippen LogP contribution in [0.15, 0.2) is 42.6 Å². The predicted molar refractivity (Wildman–Crippen MR) is 112 cm³/mol. The van der Waals surface area contributed by atoms with E-state index in [0.717, 1.165) is 3.57 Å². The van der Waals surface area contributed by atoms with Crippen molar-refractivity contribution in [3.8, 4) is 18.1 Å². The van der Waals surface area contributed by atoms with Gasteiger partial charge in [0.2, 0.25) is 0 Å². The topological polar surface area (TPSA) is 108 Å². The van der Waals surface area contributed by atoms with Crippen LogP contribution in [0.25, 0.3) is 5.57 Å². The fourth-order valence-electron chi connectivity index (χ4n) is 2.66. The molecule has 0 spiro atoms. The second-order valence-corrected chi connectivity index (χ2v) is 7.11. The number of terminal acetylenes is 1. The van der Waals surface area contributed by atoms with Crippen LogP contribution in [0.3, 0.4) is 0 Å². The number of hydrogen-bond acceptors (Lipinski definition) is 5. The van der Waals surface area contributed by atoms with Crippen molar-refractivity contribution in [1.29, 1.82) is 0 Å². The first-order chi connectivity index (χ1) is 13.4. The van der Waals surface area contributed by atoms with E-state index in [-0.39, 0.29) is 11.4 Å². The lowest BCUT2D eigenvalue weighted by Gasteiger charge is -2.18. The number of phenolic OH excluding ortho intramolecular Hbond substituents is 1. The fourth-order valence-corrected chi connectivity index (χ4v) is 3.15. The first-order valence-corrected chi connectivity index (χ1v) is 9.15. The Kier molecular flexibility index (Phi) is 5.65. The molecule has 7 nitrogen and oxygen atoms in total. The first kappa shape index (κ1) is 19.4. The first-order valence-electron chi connectivity index (χ1n) is 8.07. The van der Waals surface area contributed by atoms with E-state index >= 15 is 0 Å². The van der Waals surface area contributed by atoms with Crippen molar-refractivity contribution < 1.29 is 19.5 Å². The van der Waals surface area contributed by atoms with Crippen LogP contribution in [0.1, 0.15) is 21.5 Å². The third kappa shape index (κ3) is 4.15. The SMILES string of the molecule is C#CC(=O)Nc1ccc(CN/C=C2\C(=O)NC(=O)c3ccc(I)cc32)cc1O. The number of carbonyl (C=O) groups is 3. The lowest BCUT2D eigenvalue weighted by atomic mass is 9.95. The number of carbonyl (C=O) groups excluding carboxylic acids is 3. The molecule has 0 fully saturated rings. The number of amides is 3. The van der Waals surface area contributed by atoms with Crippen LogP contribution in [0.5, 0.6) is 5.75 Å². The highest BCUT2D eigenvalue weighted by Gasteiger charge is 2.27. The molecule has 2 aromatic rings. The summed E-state index contributed by atoms with van der Waals surface area (Å²) in [5.74, 6) is 0.206. The van der Waals surface area contributed by atoms with Crippen LogP contribution in [-0.4, -0.2) is 22.8 Å². The summed E-state index contributed by atoms with van der Waals surface area (Å²) in [6.45, 7) is 0.306. The second kappa shape index (κ2) is 8.14. The van der Waals surface area contributed by atoms with E-state index in [1.165, 1.54) is 18.3 Å². The van der Waals surface area contributed by atoms with E-state index in [4.69, 9.17) is 6.42 Å². The zero-order valence-corrected chi connectivity index (χ0v) is 16.5. The highest BCUT2D eigenvalue weighted by molar-refractivity contribution is 14.1. The van der Waals surface area contributed by atoms with Crippen LogP contribution in [0.4, 0.5) is 5.69 Å². The molecule has 0 aromatic heterocycles. The van der Waals surface area contributed by atoms with Crippen LogP contribution in [0, 0.1) is 15.9 Å². The van der Waals surface area contributed by atoms with E-state index in [9.17, 15) is 19.5 Å². The summed E-state index contributed by atoms with van der Waals surface area (Å²) in [5, 5.41) is 17.7. The van der Waals surface area contributed by atoms with Crippen molar-refractivity contribution in [2.75, 3.05) is 5.32 Å². The number of hydrogen-bond donors (Lipinski definition) is 4. The summed E-state index contributed by atoms with van der Waals surface area (Å²) in [5.41, 5.74) is 2.25. The van der Waals surface area contributed by atoms with Gasteiger partial charge in [-0.25, -0.2) is 0 Å². The number of rotatable bonds is 4. The van der Waals surface area contributed by atoms with Gasteiger partial charge in [-0.1, -0.05) is 6.07 Å². The number of nitrogens with one attached hydrogen (secondary N) is 3. The minimum atomic E-state index is -0.655. The largest absolute Gasteiger partial charge is 0.506 e. The molecule has 3 amide bonds. The normalized spacial score (nSPS) is 14.1. The molecular weight excluding hydrogens is 473 g/mol. The molecule has 1 aliphatic heterocycles. The molecule has 0 radical (unpaired) electrons. The van der Waals surface area contributed by atoms with Crippen molar-refractivity contribution in [3.63, 3.8) is 0 Å². The summed E-state index contributed by atoms with van der Waals surface area (Å²) in [4.78, 5) is 35.4. The Labute approximate surface area is 174 Å². The highest BCUT2D eigenvalue weighted by Crippen LogP contribution is 2.26. The van der Waals surface area contributed by atoms with Crippen molar-refractivity contribution in [1.82, 2.24) is 10.6 Å². The fraction of sp³-hybridized carbons (Fsp3) is 0.0500. The maximum absolute atomic E-state index is 12.2. The van der Waals surface area contributed by atoms with Crippen LogP contribution < -0.4 is 16.0 Å². The van der Waals surface area contributed by atoms with E-state index in [1.54, 1.807) is 24.3 Å². The minimum absolute atomic E-state index is 0.128. The molecule has 0 unspecified atom stereocenters. The molecule has 1 heterocycles. The van der Waals surface area contributed by atoms with Gasteiger partial charge < -0.3 is 15.7 Å². The summed E-state index contributed by atoms with van der Waals surface area (Å²) < 4.78 is 0.902. The molecular formula is C20H14IN3O4. The Hall–Kier alpha value is -3.32. The Morgan fingerprint density at radius 2 is 1.96 bits per heavy atom. The average Bonchev–Trinajstić information content (AvgIpc) is 2.66. The highest BCUT2D eigenvalue weighted by atomic mass is 127. The lowest BCUT2D eigenvalue weighted by Crippen LogP contribution is -2.37. The molecule has 0 atom stereocenters. The van der Waals surface area contributed by atoms with Crippen LogP contribution in [-0.2, 0) is 16.1 Å². The molecule has 0 aliphatic carbocycles. The van der Waals surface area contributed by atoms with Gasteiger partial charge >= 0.3 is 0 Å². The number of anilines is 1. The number of benzene rings is 2. The van der Waals surface area contributed by atoms with E-state index in [0.29, 0.717) is 28.8 Å². The quantitative estimate of drug-likeness (QED) is 0.174. The van der Waals surface area contributed by atoms with Crippen molar-refractivity contribution >= 4 is 51.6 Å².